The van der Waals surface area contributed by atoms with E-state index in [9.17, 15) is 4.79 Å². The van der Waals surface area contributed by atoms with Gasteiger partial charge in [-0.05, 0) is 12.8 Å². The number of benzene rings is 1. The second-order valence-electron chi connectivity index (χ2n) is 5.60. The maximum Gasteiger partial charge on any atom is 0.318 e. The first-order valence-corrected chi connectivity index (χ1v) is 8.69. The summed E-state index contributed by atoms with van der Waals surface area (Å²) >= 11 is 1.57. The van der Waals surface area contributed by atoms with Gasteiger partial charge in [-0.2, -0.15) is 0 Å². The number of ether oxygens (including phenoxy) is 1. The van der Waals surface area contributed by atoms with Crippen molar-refractivity contribution in [3.63, 3.8) is 0 Å². The summed E-state index contributed by atoms with van der Waals surface area (Å²) in [5, 5.41) is 5.92. The molecule has 6 heteroatoms. The molecule has 0 aliphatic carbocycles. The maximum absolute atomic E-state index is 12.3. The summed E-state index contributed by atoms with van der Waals surface area (Å²) < 4.78 is 5.19. The molecular weight excluding hydrogens is 310 g/mol. The van der Waals surface area contributed by atoms with Crippen molar-refractivity contribution in [2.45, 2.75) is 25.4 Å². The number of thiazole rings is 1. The largest absolute Gasteiger partial charge is 0.383 e. The monoisotopic (exact) mass is 331 g/mol. The predicted octanol–water partition coefficient (Wildman–Crippen LogP) is 3.13. The quantitative estimate of drug-likeness (QED) is 0.916. The summed E-state index contributed by atoms with van der Waals surface area (Å²) in [6.07, 6.45) is 2.05. The number of amides is 2. The van der Waals surface area contributed by atoms with Gasteiger partial charge in [0.1, 0.15) is 5.01 Å². The van der Waals surface area contributed by atoms with E-state index in [2.05, 4.69) is 10.3 Å². The summed E-state index contributed by atoms with van der Waals surface area (Å²) in [5.74, 6) is 0. The fourth-order valence-corrected chi connectivity index (χ4v) is 3.60. The normalized spacial score (nSPS) is 17.4. The molecule has 1 fully saturated rings. The zero-order valence-corrected chi connectivity index (χ0v) is 14.0. The molecule has 0 bridgehead atoms. The van der Waals surface area contributed by atoms with Crippen LogP contribution in [0, 0.1) is 0 Å². The van der Waals surface area contributed by atoms with Crippen LogP contribution in [0.15, 0.2) is 35.7 Å². The average Bonchev–Trinajstić information content (AvgIpc) is 3.23. The summed E-state index contributed by atoms with van der Waals surface area (Å²) in [4.78, 5) is 18.8. The highest BCUT2D eigenvalue weighted by atomic mass is 32.1. The van der Waals surface area contributed by atoms with Crippen LogP contribution in [0.4, 0.5) is 4.79 Å². The molecule has 5 nitrogen and oxygen atoms in total. The van der Waals surface area contributed by atoms with Crippen LogP contribution in [0.25, 0.3) is 11.3 Å². The molecular formula is C17H21N3O2S. The number of hydrogen-bond acceptors (Lipinski definition) is 4. The number of hydrogen-bond donors (Lipinski definition) is 1. The molecule has 2 amide bonds. The Labute approximate surface area is 140 Å². The molecule has 1 atom stereocenters. The first-order chi connectivity index (χ1) is 11.3. The summed E-state index contributed by atoms with van der Waals surface area (Å²) in [6.45, 7) is 1.86. The molecule has 0 saturated carbocycles. The van der Waals surface area contributed by atoms with Crippen LogP contribution in [-0.2, 0) is 11.3 Å². The number of nitrogens with one attached hydrogen (secondary N) is 1. The van der Waals surface area contributed by atoms with Gasteiger partial charge in [0.05, 0.1) is 24.9 Å². The van der Waals surface area contributed by atoms with Crippen LogP contribution in [0.2, 0.25) is 0 Å². The Bertz CT molecular complexity index is 644. The van der Waals surface area contributed by atoms with Crippen molar-refractivity contribution in [1.82, 2.24) is 15.2 Å². The number of urea groups is 1. The molecule has 1 aliphatic heterocycles. The third-order valence-corrected chi connectivity index (χ3v) is 4.86. The molecule has 1 aromatic carbocycles. The van der Waals surface area contributed by atoms with Gasteiger partial charge in [-0.15, -0.1) is 11.3 Å². The summed E-state index contributed by atoms with van der Waals surface area (Å²) in [5.41, 5.74) is 2.05. The molecule has 1 N–H and O–H groups in total. The fourth-order valence-electron chi connectivity index (χ4n) is 2.86. The zero-order chi connectivity index (χ0) is 16.1. The van der Waals surface area contributed by atoms with E-state index in [0.717, 1.165) is 35.7 Å². The van der Waals surface area contributed by atoms with Crippen molar-refractivity contribution in [2.24, 2.45) is 0 Å². The lowest BCUT2D eigenvalue weighted by atomic mass is 10.2. The van der Waals surface area contributed by atoms with Crippen LogP contribution >= 0.6 is 11.3 Å². The van der Waals surface area contributed by atoms with Gasteiger partial charge in [0.15, 0.2) is 0 Å². The second-order valence-corrected chi connectivity index (χ2v) is 6.54. The highest BCUT2D eigenvalue weighted by molar-refractivity contribution is 7.09. The Balaban J connectivity index is 1.56. The number of likely N-dealkylation sites (tertiary alicyclic amines) is 1. The van der Waals surface area contributed by atoms with Crippen molar-refractivity contribution in [2.75, 3.05) is 20.3 Å². The van der Waals surface area contributed by atoms with Crippen LogP contribution in [0.5, 0.6) is 0 Å². The molecule has 0 spiro atoms. The standard InChI is InChI=1S/C17H21N3O2S/c1-22-11-14-8-5-9-20(14)17(21)18-10-16-19-15(12-23-16)13-6-3-2-4-7-13/h2-4,6-7,12,14H,5,8-11H2,1H3,(H,18,21)/t14-/m0/s1. The van der Waals surface area contributed by atoms with Gasteiger partial charge in [0.25, 0.3) is 0 Å². The minimum Gasteiger partial charge on any atom is -0.383 e. The summed E-state index contributed by atoms with van der Waals surface area (Å²) in [7, 11) is 1.68. The van der Waals surface area contributed by atoms with E-state index in [1.807, 2.05) is 40.6 Å². The maximum atomic E-state index is 12.3. The third kappa shape index (κ3) is 3.89. The van der Waals surface area contributed by atoms with Gasteiger partial charge >= 0.3 is 6.03 Å². The minimum atomic E-state index is -0.0268. The molecule has 3 rings (SSSR count). The second kappa shape index (κ2) is 7.57. The highest BCUT2D eigenvalue weighted by Crippen LogP contribution is 2.22. The number of rotatable bonds is 5. The Morgan fingerprint density at radius 2 is 2.26 bits per heavy atom. The predicted molar refractivity (Wildman–Crippen MR) is 91.4 cm³/mol. The van der Waals surface area contributed by atoms with E-state index in [1.165, 1.54) is 0 Å². The van der Waals surface area contributed by atoms with Crippen molar-refractivity contribution in [3.05, 3.63) is 40.7 Å². The van der Waals surface area contributed by atoms with Gasteiger partial charge in [-0.1, -0.05) is 30.3 Å². The molecule has 2 heterocycles. The van der Waals surface area contributed by atoms with Crippen LogP contribution < -0.4 is 5.32 Å². The van der Waals surface area contributed by atoms with Crippen molar-refractivity contribution in [1.29, 1.82) is 0 Å². The molecule has 122 valence electrons. The van der Waals surface area contributed by atoms with Gasteiger partial charge in [0.2, 0.25) is 0 Å². The molecule has 1 aliphatic rings. The van der Waals surface area contributed by atoms with Crippen LogP contribution in [0.1, 0.15) is 17.8 Å². The molecule has 0 unspecified atom stereocenters. The lowest BCUT2D eigenvalue weighted by Gasteiger charge is -2.24. The first kappa shape index (κ1) is 16.0. The Kier molecular flexibility index (Phi) is 5.25. The number of carbonyl (C=O) groups excluding carboxylic acids is 1. The van der Waals surface area contributed by atoms with E-state index < -0.39 is 0 Å². The van der Waals surface area contributed by atoms with E-state index in [-0.39, 0.29) is 12.1 Å². The van der Waals surface area contributed by atoms with Crippen molar-refractivity contribution in [3.8, 4) is 11.3 Å². The van der Waals surface area contributed by atoms with Gasteiger partial charge in [0, 0.05) is 24.6 Å². The van der Waals surface area contributed by atoms with E-state index in [0.29, 0.717) is 13.2 Å². The molecule has 1 saturated heterocycles. The summed E-state index contributed by atoms with van der Waals surface area (Å²) in [6, 6.07) is 10.2. The molecule has 0 radical (unpaired) electrons. The Hall–Kier alpha value is -1.92. The average molecular weight is 331 g/mol. The van der Waals surface area contributed by atoms with Crippen LogP contribution in [0.3, 0.4) is 0 Å². The lowest BCUT2D eigenvalue weighted by Crippen LogP contribution is -2.44. The molecule has 2 aromatic rings. The van der Waals surface area contributed by atoms with Gasteiger partial charge < -0.3 is 15.0 Å². The Morgan fingerprint density at radius 3 is 3.04 bits per heavy atom. The van der Waals surface area contributed by atoms with Gasteiger partial charge in [-0.25, -0.2) is 9.78 Å². The van der Waals surface area contributed by atoms with E-state index in [1.54, 1.807) is 18.4 Å². The fraction of sp³-hybridized carbons (Fsp3) is 0.412. The van der Waals surface area contributed by atoms with Crippen molar-refractivity contribution < 1.29 is 9.53 Å². The number of nitrogens with zero attached hydrogens (tertiary/aromatic N) is 2. The smallest absolute Gasteiger partial charge is 0.318 e. The van der Waals surface area contributed by atoms with Crippen LogP contribution in [-0.4, -0.2) is 42.2 Å². The first-order valence-electron chi connectivity index (χ1n) is 7.81. The van der Waals surface area contributed by atoms with Crippen molar-refractivity contribution >= 4 is 17.4 Å². The SMILES string of the molecule is COC[C@@H]1CCCN1C(=O)NCc1nc(-c2ccccc2)cs1. The number of methoxy groups -OCH3 is 1. The number of carbonyl (C=O) groups is 1. The minimum absolute atomic E-state index is 0.0268. The third-order valence-electron chi connectivity index (χ3n) is 4.01. The van der Waals surface area contributed by atoms with E-state index in [4.69, 9.17) is 4.74 Å². The van der Waals surface area contributed by atoms with E-state index >= 15 is 0 Å². The van der Waals surface area contributed by atoms with Gasteiger partial charge in [-0.3, -0.25) is 0 Å². The highest BCUT2D eigenvalue weighted by Gasteiger charge is 2.28. The molecule has 1 aromatic heterocycles. The molecule has 23 heavy (non-hydrogen) atoms. The number of aromatic nitrogens is 1. The Morgan fingerprint density at radius 1 is 1.43 bits per heavy atom. The lowest BCUT2D eigenvalue weighted by molar-refractivity contribution is 0.123. The zero-order valence-electron chi connectivity index (χ0n) is 13.2. The topological polar surface area (TPSA) is 54.5 Å².